The third-order valence-corrected chi connectivity index (χ3v) is 38.2. The standard InChI is InChI=1S/2C16H24O3.2C16H26O3.C16H24O3.C16H26O2/c1-14(2)10-5-8-16(4)11(9-13(18)19-16)15(10,3)7-6-12(14)17;1-14(2)7-6-12(17)16(4)10(14)5-8-15(3)11(16)9-13(18)19-15;3*1-14(2)8-10(17)9-15(3)11(14)5-6-16(4)12(15)7-13(18)19-16;1-14(2)7-5-8-15(3)11(14)6-9-16(4)12(15)10-13(17)18-16/h2*10-11H,5-9H2,1-4H3;2*10-12,17H,5-9H2,1-4H3;11-12H,5-9H2,1-4H3;11-12H,5-10H2,1-4H3/t10-,11+,15-,16+;10-,11-,15+,16-;2*10-,11-,12+,15-,16+;2*11-,12+,15-,16+/m000000/s1. The molecule has 6 aliphatic heterocycles. The third-order valence-electron chi connectivity index (χ3n) is 38.2. The third kappa shape index (κ3) is 14.2. The van der Waals surface area contributed by atoms with E-state index < -0.39 is 5.60 Å². The van der Waals surface area contributed by atoms with E-state index in [1.54, 1.807) is 0 Å². The van der Waals surface area contributed by atoms with Crippen molar-refractivity contribution in [3.63, 3.8) is 0 Å². The van der Waals surface area contributed by atoms with E-state index in [0.717, 1.165) is 115 Å². The number of ether oxygens (including phenoxy) is 6. The molecule has 0 aromatic heterocycles. The van der Waals surface area contributed by atoms with E-state index >= 15 is 0 Å². The van der Waals surface area contributed by atoms with Gasteiger partial charge in [-0.3, -0.25) is 43.2 Å². The maximum Gasteiger partial charge on any atom is 0.306 e. The first-order valence-corrected chi connectivity index (χ1v) is 45.0. The van der Waals surface area contributed by atoms with Gasteiger partial charge >= 0.3 is 35.8 Å². The van der Waals surface area contributed by atoms with Crippen LogP contribution in [-0.2, 0) is 71.6 Å². The largest absolute Gasteiger partial charge is 0.459 e. The molecule has 0 amide bonds. The molecule has 6 saturated heterocycles. The van der Waals surface area contributed by atoms with Crippen LogP contribution >= 0.6 is 0 Å². The van der Waals surface area contributed by atoms with Crippen molar-refractivity contribution < 1.29 is 81.8 Å². The molecule has 12 aliphatic carbocycles. The smallest absolute Gasteiger partial charge is 0.306 e. The maximum atomic E-state index is 12.7. The zero-order valence-corrected chi connectivity index (χ0v) is 74.5. The van der Waals surface area contributed by atoms with Gasteiger partial charge < -0.3 is 38.6 Å². The molecule has 0 bridgehead atoms. The summed E-state index contributed by atoms with van der Waals surface area (Å²) in [6.07, 6.45) is 26.8. The first-order chi connectivity index (χ1) is 51.7. The van der Waals surface area contributed by atoms with Gasteiger partial charge in [0.1, 0.15) is 51.0 Å². The minimum Gasteiger partial charge on any atom is -0.459 e. The molecule has 113 heavy (non-hydrogen) atoms. The van der Waals surface area contributed by atoms with Crippen molar-refractivity contribution in [2.75, 3.05) is 0 Å². The van der Waals surface area contributed by atoms with Crippen molar-refractivity contribution in [1.82, 2.24) is 0 Å². The molecule has 6 heterocycles. The number of hydrogen-bond acceptors (Lipinski definition) is 17. The lowest BCUT2D eigenvalue weighted by atomic mass is 9.45. The summed E-state index contributed by atoms with van der Waals surface area (Å²) < 4.78 is 33.8. The van der Waals surface area contributed by atoms with Gasteiger partial charge in [-0.15, -0.1) is 0 Å². The predicted octanol–water partition coefficient (Wildman–Crippen LogP) is 19.1. The lowest BCUT2D eigenvalue weighted by molar-refractivity contribution is -0.177. The average molecular weight is 1580 g/mol. The number of carbonyl (C=O) groups excluding carboxylic acids is 9. The normalized spacial score (nSPS) is 50.0. The molecule has 17 nitrogen and oxygen atoms in total. The van der Waals surface area contributed by atoms with Gasteiger partial charge in [0.25, 0.3) is 0 Å². The van der Waals surface area contributed by atoms with E-state index in [9.17, 15) is 53.4 Å². The molecule has 26 atom stereocenters. The number of aliphatic hydroxyl groups excluding tert-OH is 2. The molecular formula is C96H150O17. The zero-order valence-electron chi connectivity index (χ0n) is 74.5. The molecule has 2 N–H and O–H groups in total. The number of carbonyl (C=O) groups is 9. The first kappa shape index (κ1) is 86.6. The van der Waals surface area contributed by atoms with Crippen LogP contribution in [0.25, 0.3) is 0 Å². The van der Waals surface area contributed by atoms with Gasteiger partial charge in [0.15, 0.2) is 0 Å². The Labute approximate surface area is 678 Å². The number of esters is 6. The Morgan fingerprint density at radius 3 is 0.938 bits per heavy atom. The summed E-state index contributed by atoms with van der Waals surface area (Å²) in [5.41, 5.74) is -1.09. The minimum absolute atomic E-state index is 0.0281. The number of fused-ring (bicyclic) bond motifs is 18. The Kier molecular flexibility index (Phi) is 21.4. The van der Waals surface area contributed by atoms with Crippen molar-refractivity contribution in [1.29, 1.82) is 0 Å². The summed E-state index contributed by atoms with van der Waals surface area (Å²) >= 11 is 0. The molecule has 636 valence electrons. The van der Waals surface area contributed by atoms with Crippen LogP contribution in [0.5, 0.6) is 0 Å². The summed E-state index contributed by atoms with van der Waals surface area (Å²) in [5.74, 6) is 5.50. The van der Waals surface area contributed by atoms with Gasteiger partial charge in [0.2, 0.25) is 0 Å². The molecule has 0 aromatic rings. The van der Waals surface area contributed by atoms with Crippen molar-refractivity contribution >= 4 is 53.2 Å². The molecule has 12 saturated carbocycles. The van der Waals surface area contributed by atoms with Crippen LogP contribution in [0.3, 0.4) is 0 Å². The van der Waals surface area contributed by atoms with Crippen LogP contribution in [0.2, 0.25) is 0 Å². The van der Waals surface area contributed by atoms with E-state index in [1.165, 1.54) is 25.7 Å². The fourth-order valence-corrected chi connectivity index (χ4v) is 33.5. The summed E-state index contributed by atoms with van der Waals surface area (Å²) in [6.45, 7) is 53.3. The number of hydrogen-bond donors (Lipinski definition) is 2. The Bertz CT molecular complexity index is 3740. The molecule has 18 fully saturated rings. The van der Waals surface area contributed by atoms with Crippen molar-refractivity contribution in [2.24, 2.45) is 136 Å². The fraction of sp³-hybridized carbons (Fsp3) is 0.906. The van der Waals surface area contributed by atoms with Crippen LogP contribution in [-0.4, -0.2) is 109 Å². The van der Waals surface area contributed by atoms with E-state index in [1.807, 2.05) is 6.92 Å². The molecule has 18 aliphatic rings. The highest BCUT2D eigenvalue weighted by Crippen LogP contribution is 2.72. The Morgan fingerprint density at radius 2 is 0.549 bits per heavy atom. The highest BCUT2D eigenvalue weighted by atomic mass is 16.6. The second-order valence-electron chi connectivity index (χ2n) is 48.0. The van der Waals surface area contributed by atoms with Gasteiger partial charge in [-0.25, -0.2) is 0 Å². The van der Waals surface area contributed by atoms with E-state index in [4.69, 9.17) is 28.4 Å². The van der Waals surface area contributed by atoms with Crippen molar-refractivity contribution in [3.05, 3.63) is 0 Å². The van der Waals surface area contributed by atoms with Crippen molar-refractivity contribution in [2.45, 2.75) is 411 Å². The summed E-state index contributed by atoms with van der Waals surface area (Å²) in [7, 11) is 0. The zero-order chi connectivity index (χ0) is 83.4. The number of ketones is 3. The summed E-state index contributed by atoms with van der Waals surface area (Å²) in [4.78, 5) is 108. The second kappa shape index (κ2) is 27.9. The van der Waals surface area contributed by atoms with E-state index in [0.29, 0.717) is 128 Å². The first-order valence-electron chi connectivity index (χ1n) is 45.0. The molecule has 0 aromatic carbocycles. The minimum atomic E-state index is -0.411. The van der Waals surface area contributed by atoms with Gasteiger partial charge in [-0.05, 0) is 260 Å². The fourth-order valence-electron chi connectivity index (χ4n) is 33.5. The molecule has 17 heteroatoms. The summed E-state index contributed by atoms with van der Waals surface area (Å²) in [5, 5.41) is 20.6. The Balaban J connectivity index is 0.000000119. The lowest BCUT2D eigenvalue weighted by Crippen LogP contribution is -2.59. The molecule has 18 rings (SSSR count). The van der Waals surface area contributed by atoms with Crippen LogP contribution in [0.15, 0.2) is 0 Å². The highest BCUT2D eigenvalue weighted by molar-refractivity contribution is 5.88. The number of rotatable bonds is 0. The summed E-state index contributed by atoms with van der Waals surface area (Å²) in [6, 6.07) is 0. The Hall–Kier alpha value is -4.25. The van der Waals surface area contributed by atoms with Crippen LogP contribution in [0.1, 0.15) is 365 Å². The molecule has 0 unspecified atom stereocenters. The molecule has 0 radical (unpaired) electrons. The number of Topliss-reactive ketones (excluding diaryl/α,β-unsaturated/α-hetero) is 3. The topological polar surface area (TPSA) is 249 Å². The van der Waals surface area contributed by atoms with Gasteiger partial charge in [-0.1, -0.05) is 131 Å². The monoisotopic (exact) mass is 1580 g/mol. The van der Waals surface area contributed by atoms with Crippen LogP contribution < -0.4 is 0 Å². The van der Waals surface area contributed by atoms with Crippen molar-refractivity contribution in [3.8, 4) is 0 Å². The quantitative estimate of drug-likeness (QED) is 0.169. The van der Waals surface area contributed by atoms with E-state index in [-0.39, 0.29) is 160 Å². The maximum absolute atomic E-state index is 12.7. The van der Waals surface area contributed by atoms with Crippen LogP contribution in [0, 0.1) is 136 Å². The molecular weight excluding hydrogens is 1430 g/mol. The lowest BCUT2D eigenvalue weighted by Gasteiger charge is -2.60. The van der Waals surface area contributed by atoms with Gasteiger partial charge in [0.05, 0.1) is 50.7 Å². The Morgan fingerprint density at radius 1 is 0.257 bits per heavy atom. The number of aliphatic hydroxyl groups is 2. The SMILES string of the molecule is CC1(C)C(=O)CC[C@]2(C)[C@H]3CC(=O)O[C@]3(C)CC[C@@H]12.CC1(C)CC(=O)C[C@]2(C)[C@H]3CC(=O)O[C@]3(C)CC[C@@H]12.CC1(C)CCC(=O)[C@]2(C)[C@H]3CC(=O)O[C@]3(C)CC[C@@H]12.CC1(C)CCC[C@]2(C)[C@H]3CC(=O)O[C@]3(C)CC[C@@H]12.CC1(C)C[C@H](O)C[C@]2(C)[C@H]3CC(=O)O[C@]3(C)CC[C@@H]12.CC1(C)C[C@H](O)C[C@]2(C)[C@H]3CC(=O)O[C@]3(C)CC[C@@H]12. The van der Waals surface area contributed by atoms with Gasteiger partial charge in [-0.2, -0.15) is 0 Å². The van der Waals surface area contributed by atoms with E-state index in [2.05, 4.69) is 159 Å². The molecule has 0 spiro atoms. The average Bonchev–Trinajstić information content (AvgIpc) is 1.65. The second-order valence-corrected chi connectivity index (χ2v) is 48.0. The van der Waals surface area contributed by atoms with Gasteiger partial charge in [0, 0.05) is 72.0 Å². The van der Waals surface area contributed by atoms with Crippen LogP contribution in [0.4, 0.5) is 0 Å². The predicted molar refractivity (Wildman–Crippen MR) is 430 cm³/mol. The highest BCUT2D eigenvalue weighted by Gasteiger charge is 2.71.